The molecule has 0 aromatic carbocycles. The zero-order chi connectivity index (χ0) is 11.6. The Morgan fingerprint density at radius 3 is 2.56 bits per heavy atom. The smallest absolute Gasteiger partial charge is 0.263 e. The number of rotatable bonds is 3. The first-order valence-corrected chi connectivity index (χ1v) is 5.82. The van der Waals surface area contributed by atoms with Crippen LogP contribution in [0, 0.1) is 5.41 Å². The van der Waals surface area contributed by atoms with Gasteiger partial charge in [0, 0.05) is 6.42 Å². The van der Waals surface area contributed by atoms with E-state index in [0.29, 0.717) is 31.6 Å². The quantitative estimate of drug-likeness (QED) is 0.677. The zero-order valence-electron chi connectivity index (χ0n) is 9.29. The summed E-state index contributed by atoms with van der Waals surface area (Å²) < 4.78 is 0. The standard InChI is InChI=1S/C11H17N3O2/c12-7-3-4-8-13-9(15)11(10(16)14-8)5-1-2-6-11/h1-7,12H2,(H,13,14,15,16). The highest BCUT2D eigenvalue weighted by Crippen LogP contribution is 2.40. The van der Waals surface area contributed by atoms with Gasteiger partial charge in [0.25, 0.3) is 5.91 Å². The highest BCUT2D eigenvalue weighted by Gasteiger charge is 2.50. The Morgan fingerprint density at radius 1 is 1.31 bits per heavy atom. The first-order valence-electron chi connectivity index (χ1n) is 5.82. The summed E-state index contributed by atoms with van der Waals surface area (Å²) in [5.41, 5.74) is 4.54. The Kier molecular flexibility index (Phi) is 3.05. The topological polar surface area (TPSA) is 84.5 Å². The number of nitrogens with one attached hydrogen (secondary N) is 1. The molecule has 0 radical (unpaired) electrons. The minimum absolute atomic E-state index is 0.156. The molecule has 0 aromatic rings. The average Bonchev–Trinajstić information content (AvgIpc) is 2.74. The molecule has 0 aromatic heterocycles. The number of hydrogen-bond donors (Lipinski definition) is 2. The Labute approximate surface area is 94.5 Å². The second-order valence-corrected chi connectivity index (χ2v) is 4.50. The molecule has 5 heteroatoms. The minimum Gasteiger partial charge on any atom is -0.330 e. The molecule has 1 fully saturated rings. The van der Waals surface area contributed by atoms with Gasteiger partial charge in [0.1, 0.15) is 11.3 Å². The molecular weight excluding hydrogens is 206 g/mol. The van der Waals surface area contributed by atoms with Gasteiger partial charge in [0.2, 0.25) is 5.91 Å². The van der Waals surface area contributed by atoms with Crippen LogP contribution in [0.15, 0.2) is 4.99 Å². The summed E-state index contributed by atoms with van der Waals surface area (Å²) in [6.45, 7) is 0.536. The van der Waals surface area contributed by atoms with Crippen molar-refractivity contribution in [2.45, 2.75) is 38.5 Å². The van der Waals surface area contributed by atoms with E-state index in [4.69, 9.17) is 5.73 Å². The van der Waals surface area contributed by atoms with Gasteiger partial charge >= 0.3 is 0 Å². The molecule has 0 unspecified atom stereocenters. The molecule has 2 aliphatic rings. The van der Waals surface area contributed by atoms with E-state index in [-0.39, 0.29) is 11.8 Å². The fourth-order valence-corrected chi connectivity index (χ4v) is 2.41. The van der Waals surface area contributed by atoms with E-state index in [1.165, 1.54) is 0 Å². The molecule has 5 nitrogen and oxygen atoms in total. The van der Waals surface area contributed by atoms with Gasteiger partial charge in [0.05, 0.1) is 0 Å². The maximum Gasteiger partial charge on any atom is 0.263 e. The lowest BCUT2D eigenvalue weighted by molar-refractivity contribution is -0.141. The number of amides is 2. The van der Waals surface area contributed by atoms with Crippen LogP contribution in [0.5, 0.6) is 0 Å². The van der Waals surface area contributed by atoms with Crippen molar-refractivity contribution in [1.29, 1.82) is 0 Å². The predicted molar refractivity (Wildman–Crippen MR) is 59.8 cm³/mol. The van der Waals surface area contributed by atoms with Gasteiger partial charge in [-0.2, -0.15) is 4.99 Å². The van der Waals surface area contributed by atoms with E-state index in [1.807, 2.05) is 0 Å². The van der Waals surface area contributed by atoms with E-state index >= 15 is 0 Å². The predicted octanol–water partition coefficient (Wildman–Crippen LogP) is 0.341. The highest BCUT2D eigenvalue weighted by atomic mass is 16.2. The molecule has 88 valence electrons. The second kappa shape index (κ2) is 4.33. The van der Waals surface area contributed by atoms with E-state index in [9.17, 15) is 9.59 Å². The maximum atomic E-state index is 12.0. The molecule has 0 bridgehead atoms. The summed E-state index contributed by atoms with van der Waals surface area (Å²) in [5.74, 6) is 0.0794. The molecule has 16 heavy (non-hydrogen) atoms. The highest BCUT2D eigenvalue weighted by molar-refractivity contribution is 6.18. The molecule has 1 aliphatic heterocycles. The van der Waals surface area contributed by atoms with E-state index in [1.54, 1.807) is 0 Å². The number of carbonyl (C=O) groups excluding carboxylic acids is 2. The summed E-state index contributed by atoms with van der Waals surface area (Å²) in [6.07, 6.45) is 4.47. The van der Waals surface area contributed by atoms with E-state index in [0.717, 1.165) is 19.3 Å². The van der Waals surface area contributed by atoms with Crippen LogP contribution in [0.2, 0.25) is 0 Å². The van der Waals surface area contributed by atoms with Crippen LogP contribution < -0.4 is 11.1 Å². The van der Waals surface area contributed by atoms with E-state index < -0.39 is 5.41 Å². The van der Waals surface area contributed by atoms with Crippen LogP contribution in [-0.2, 0) is 9.59 Å². The minimum atomic E-state index is -0.841. The van der Waals surface area contributed by atoms with Gasteiger partial charge in [-0.3, -0.25) is 9.59 Å². The monoisotopic (exact) mass is 223 g/mol. The molecule has 1 aliphatic carbocycles. The van der Waals surface area contributed by atoms with Crippen LogP contribution in [0.3, 0.4) is 0 Å². The van der Waals surface area contributed by atoms with E-state index in [2.05, 4.69) is 10.3 Å². The van der Waals surface area contributed by atoms with Gasteiger partial charge in [-0.1, -0.05) is 12.8 Å². The Balaban J connectivity index is 2.15. The zero-order valence-corrected chi connectivity index (χ0v) is 9.29. The summed E-state index contributed by atoms with van der Waals surface area (Å²) in [7, 11) is 0. The van der Waals surface area contributed by atoms with Crippen LogP contribution in [0.4, 0.5) is 0 Å². The fourth-order valence-electron chi connectivity index (χ4n) is 2.41. The molecule has 1 spiro atoms. The van der Waals surface area contributed by atoms with Crippen LogP contribution in [0.1, 0.15) is 38.5 Å². The van der Waals surface area contributed by atoms with Gasteiger partial charge in [-0.05, 0) is 25.8 Å². The molecule has 1 saturated carbocycles. The first kappa shape index (κ1) is 11.3. The summed E-state index contributed by atoms with van der Waals surface area (Å²) >= 11 is 0. The van der Waals surface area contributed by atoms with Crippen molar-refractivity contribution < 1.29 is 9.59 Å². The van der Waals surface area contributed by atoms with Crippen LogP contribution in [-0.4, -0.2) is 24.2 Å². The van der Waals surface area contributed by atoms with Gasteiger partial charge in [-0.15, -0.1) is 0 Å². The molecule has 2 amide bonds. The molecule has 3 N–H and O–H groups in total. The number of nitrogens with zero attached hydrogens (tertiary/aromatic N) is 1. The van der Waals surface area contributed by atoms with Crippen LogP contribution >= 0.6 is 0 Å². The van der Waals surface area contributed by atoms with Crippen molar-refractivity contribution in [3.63, 3.8) is 0 Å². The van der Waals surface area contributed by atoms with Gasteiger partial charge in [-0.25, -0.2) is 0 Å². The van der Waals surface area contributed by atoms with Gasteiger partial charge < -0.3 is 11.1 Å². The van der Waals surface area contributed by atoms with Crippen LogP contribution in [0.25, 0.3) is 0 Å². The first-order chi connectivity index (χ1) is 7.69. The van der Waals surface area contributed by atoms with Crippen molar-refractivity contribution in [3.8, 4) is 0 Å². The molecular formula is C11H17N3O2. The SMILES string of the molecule is NCCCC1=NC(=O)C2(CCCC2)C(=O)N1. The normalized spacial score (nSPS) is 23.4. The Bertz CT molecular complexity index is 343. The number of hydrogen-bond acceptors (Lipinski definition) is 3. The van der Waals surface area contributed by atoms with Crippen molar-refractivity contribution in [2.75, 3.05) is 6.54 Å². The molecule has 0 atom stereocenters. The van der Waals surface area contributed by atoms with Crippen molar-refractivity contribution >= 4 is 17.6 Å². The maximum absolute atomic E-state index is 12.0. The number of nitrogens with two attached hydrogens (primary N) is 1. The molecule has 2 rings (SSSR count). The summed E-state index contributed by atoms with van der Waals surface area (Å²) in [4.78, 5) is 27.9. The van der Waals surface area contributed by atoms with Gasteiger partial charge in [0.15, 0.2) is 0 Å². The summed E-state index contributed by atoms with van der Waals surface area (Å²) in [5, 5.41) is 2.75. The third-order valence-electron chi connectivity index (χ3n) is 3.41. The Hall–Kier alpha value is -1.23. The fraction of sp³-hybridized carbons (Fsp3) is 0.727. The molecule has 1 heterocycles. The van der Waals surface area contributed by atoms with Crippen molar-refractivity contribution in [2.24, 2.45) is 16.1 Å². The average molecular weight is 223 g/mol. The second-order valence-electron chi connectivity index (χ2n) is 4.50. The number of amidine groups is 1. The lowest BCUT2D eigenvalue weighted by atomic mass is 9.83. The lowest BCUT2D eigenvalue weighted by Crippen LogP contribution is -2.51. The van der Waals surface area contributed by atoms with Crippen molar-refractivity contribution in [3.05, 3.63) is 0 Å². The third kappa shape index (κ3) is 1.75. The Morgan fingerprint density at radius 2 is 2.00 bits per heavy atom. The van der Waals surface area contributed by atoms with Crippen molar-refractivity contribution in [1.82, 2.24) is 5.32 Å². The number of carbonyl (C=O) groups is 2. The lowest BCUT2D eigenvalue weighted by Gasteiger charge is -2.28. The number of aliphatic imine (C=N–C) groups is 1. The summed E-state index contributed by atoms with van der Waals surface area (Å²) in [6, 6.07) is 0. The molecule has 0 saturated heterocycles. The third-order valence-corrected chi connectivity index (χ3v) is 3.41. The largest absolute Gasteiger partial charge is 0.330 e.